The number of hydrogen-bond acceptors (Lipinski definition) is 8. The number of nitrogens with one attached hydrogen (secondary N) is 1. The quantitative estimate of drug-likeness (QED) is 0.172. The van der Waals surface area contributed by atoms with Crippen molar-refractivity contribution in [1.29, 1.82) is 0 Å². The van der Waals surface area contributed by atoms with Crippen LogP contribution in [0.4, 0.5) is 11.4 Å². The van der Waals surface area contributed by atoms with Gasteiger partial charge < -0.3 is 14.0 Å². The minimum absolute atomic E-state index is 0.160. The van der Waals surface area contributed by atoms with Gasteiger partial charge in [-0.25, -0.2) is 5.43 Å². The summed E-state index contributed by atoms with van der Waals surface area (Å²) in [6, 6.07) is 18.6. The number of amides is 1. The zero-order valence-electron chi connectivity index (χ0n) is 20.0. The largest absolute Gasteiger partial charge is 0.490 e. The maximum Gasteiger partial charge on any atom is 0.318 e. The highest BCUT2D eigenvalue weighted by molar-refractivity contribution is 5.95. The smallest absolute Gasteiger partial charge is 0.318 e. The lowest BCUT2D eigenvalue weighted by molar-refractivity contribution is -0.394. The minimum Gasteiger partial charge on any atom is -0.490 e. The number of carbonyl (C=O) groups excluding carboxylic acids is 1. The molecule has 12 nitrogen and oxygen atoms in total. The van der Waals surface area contributed by atoms with E-state index in [-0.39, 0.29) is 23.9 Å². The first-order valence-corrected chi connectivity index (χ1v) is 11.3. The second-order valence-corrected chi connectivity index (χ2v) is 7.74. The van der Waals surface area contributed by atoms with Gasteiger partial charge in [-0.05, 0) is 73.2 Å². The summed E-state index contributed by atoms with van der Waals surface area (Å²) < 4.78 is 13.2. The average molecular weight is 515 g/mol. The van der Waals surface area contributed by atoms with Crippen molar-refractivity contribution in [3.8, 4) is 22.9 Å². The summed E-state index contributed by atoms with van der Waals surface area (Å²) >= 11 is 0. The van der Waals surface area contributed by atoms with Gasteiger partial charge in [0.2, 0.25) is 5.75 Å². The van der Waals surface area contributed by atoms with Gasteiger partial charge in [0, 0.05) is 29.7 Å². The van der Waals surface area contributed by atoms with Crippen LogP contribution in [0.15, 0.2) is 90.3 Å². The number of nitrogens with zero attached hydrogens (tertiary/aromatic N) is 4. The molecule has 0 aliphatic carbocycles. The number of nitro groups is 2. The first-order valence-electron chi connectivity index (χ1n) is 11.3. The molecule has 0 spiro atoms. The number of carbonyl (C=O) groups is 1. The normalized spacial score (nSPS) is 10.8. The van der Waals surface area contributed by atoms with E-state index in [9.17, 15) is 25.0 Å². The lowest BCUT2D eigenvalue weighted by Crippen LogP contribution is -2.17. The van der Waals surface area contributed by atoms with Gasteiger partial charge in [-0.3, -0.25) is 25.0 Å². The van der Waals surface area contributed by atoms with Crippen molar-refractivity contribution in [2.24, 2.45) is 5.10 Å². The van der Waals surface area contributed by atoms with Crippen LogP contribution in [0, 0.1) is 20.2 Å². The zero-order chi connectivity index (χ0) is 27.1. The van der Waals surface area contributed by atoms with Crippen LogP contribution in [0.5, 0.6) is 17.2 Å². The van der Waals surface area contributed by atoms with E-state index in [4.69, 9.17) is 9.47 Å². The van der Waals surface area contributed by atoms with Gasteiger partial charge >= 0.3 is 5.69 Å². The van der Waals surface area contributed by atoms with Gasteiger partial charge in [0.05, 0.1) is 28.7 Å². The second-order valence-electron chi connectivity index (χ2n) is 7.74. The van der Waals surface area contributed by atoms with Crippen molar-refractivity contribution in [1.82, 2.24) is 9.99 Å². The molecule has 0 atom stereocenters. The van der Waals surface area contributed by atoms with Crippen LogP contribution in [0.1, 0.15) is 22.8 Å². The Bertz CT molecular complexity index is 1500. The van der Waals surface area contributed by atoms with Gasteiger partial charge in [0.1, 0.15) is 0 Å². The van der Waals surface area contributed by atoms with Crippen molar-refractivity contribution in [3.05, 3.63) is 117 Å². The van der Waals surface area contributed by atoms with Crippen LogP contribution in [-0.4, -0.2) is 33.1 Å². The fraction of sp³-hybridized carbons (Fsp3) is 0.0769. The Kier molecular flexibility index (Phi) is 7.72. The molecule has 3 aromatic carbocycles. The van der Waals surface area contributed by atoms with E-state index >= 15 is 0 Å². The average Bonchev–Trinajstić information content (AvgIpc) is 3.45. The Balaban J connectivity index is 1.47. The Morgan fingerprint density at radius 1 is 0.947 bits per heavy atom. The van der Waals surface area contributed by atoms with Crippen LogP contribution in [0.3, 0.4) is 0 Å². The lowest BCUT2D eigenvalue weighted by atomic mass is 10.2. The third-order valence-electron chi connectivity index (χ3n) is 5.25. The SMILES string of the molecule is CCOc1cc(/C=N/NC(=O)c2ccc(-n3cccc3)cc2)ccc1Oc1ccc([N+](=O)[O-])cc1[N+](=O)[O-]. The summed E-state index contributed by atoms with van der Waals surface area (Å²) in [6.07, 6.45) is 5.21. The van der Waals surface area contributed by atoms with E-state index in [0.29, 0.717) is 11.1 Å². The molecule has 4 aromatic rings. The molecule has 1 amide bonds. The van der Waals surface area contributed by atoms with Gasteiger partial charge in [0.25, 0.3) is 11.6 Å². The molecule has 0 bridgehead atoms. The maximum absolute atomic E-state index is 12.4. The van der Waals surface area contributed by atoms with Crippen LogP contribution in [-0.2, 0) is 0 Å². The van der Waals surface area contributed by atoms with Gasteiger partial charge in [0.15, 0.2) is 11.5 Å². The minimum atomic E-state index is -0.763. The van der Waals surface area contributed by atoms with Gasteiger partial charge in [-0.2, -0.15) is 5.10 Å². The van der Waals surface area contributed by atoms with Gasteiger partial charge in [-0.1, -0.05) is 0 Å². The Labute approximate surface area is 216 Å². The molecule has 0 radical (unpaired) electrons. The highest BCUT2D eigenvalue weighted by Gasteiger charge is 2.22. The second kappa shape index (κ2) is 11.5. The number of nitro benzene ring substituents is 2. The summed E-state index contributed by atoms with van der Waals surface area (Å²) in [5.74, 6) is -0.155. The Morgan fingerprint density at radius 2 is 1.66 bits per heavy atom. The van der Waals surface area contributed by atoms with Crippen LogP contribution in [0.25, 0.3) is 5.69 Å². The molecule has 1 aromatic heterocycles. The molecule has 0 fully saturated rings. The predicted octanol–water partition coefficient (Wildman–Crippen LogP) is 5.25. The molecule has 4 rings (SSSR count). The summed E-state index contributed by atoms with van der Waals surface area (Å²) in [5, 5.41) is 26.4. The fourth-order valence-electron chi connectivity index (χ4n) is 3.45. The van der Waals surface area contributed by atoms with Crippen molar-refractivity contribution in [2.75, 3.05) is 6.61 Å². The number of ether oxygens (including phenoxy) is 2. The third-order valence-corrected chi connectivity index (χ3v) is 5.25. The first kappa shape index (κ1) is 25.6. The van der Waals surface area contributed by atoms with Crippen LogP contribution in [0.2, 0.25) is 0 Å². The van der Waals surface area contributed by atoms with Crippen molar-refractivity contribution < 1.29 is 24.1 Å². The molecule has 0 aliphatic rings. The van der Waals surface area contributed by atoms with Crippen molar-refractivity contribution in [2.45, 2.75) is 6.92 Å². The molecule has 1 heterocycles. The predicted molar refractivity (Wildman–Crippen MR) is 138 cm³/mol. The zero-order valence-corrected chi connectivity index (χ0v) is 20.0. The van der Waals surface area contributed by atoms with Crippen LogP contribution >= 0.6 is 0 Å². The van der Waals surface area contributed by atoms with E-state index in [1.165, 1.54) is 12.3 Å². The summed E-state index contributed by atoms with van der Waals surface area (Å²) in [4.78, 5) is 33.3. The lowest BCUT2D eigenvalue weighted by Gasteiger charge is -2.12. The monoisotopic (exact) mass is 515 g/mol. The molecule has 0 aliphatic heterocycles. The third kappa shape index (κ3) is 5.99. The molecule has 38 heavy (non-hydrogen) atoms. The topological polar surface area (TPSA) is 151 Å². The van der Waals surface area contributed by atoms with E-state index < -0.39 is 27.1 Å². The molecule has 1 N–H and O–H groups in total. The molecular formula is C26H21N5O7. The highest BCUT2D eigenvalue weighted by atomic mass is 16.6. The summed E-state index contributed by atoms with van der Waals surface area (Å²) in [5.41, 5.74) is 3.38. The first-order chi connectivity index (χ1) is 18.4. The van der Waals surface area contributed by atoms with E-state index in [0.717, 1.165) is 23.9 Å². The summed E-state index contributed by atoms with van der Waals surface area (Å²) in [6.45, 7) is 2.02. The van der Waals surface area contributed by atoms with Crippen molar-refractivity contribution >= 4 is 23.5 Å². The highest BCUT2D eigenvalue weighted by Crippen LogP contribution is 2.38. The number of non-ortho nitro benzene ring substituents is 1. The standard InChI is InChI=1S/C26H21N5O7/c1-2-37-25-15-18(5-11-24(25)38-23-12-10-21(30(33)34)16-22(23)31(35)36)17-27-28-26(32)19-6-8-20(9-7-19)29-13-3-4-14-29/h3-17H,2H2,1H3,(H,28,32)/b27-17+. The molecule has 0 unspecified atom stereocenters. The molecular weight excluding hydrogens is 494 g/mol. The molecule has 192 valence electrons. The van der Waals surface area contributed by atoms with Gasteiger partial charge in [-0.15, -0.1) is 0 Å². The maximum atomic E-state index is 12.4. The number of hydrogen-bond donors (Lipinski definition) is 1. The number of benzene rings is 3. The number of hydrazone groups is 1. The van der Waals surface area contributed by atoms with Crippen LogP contribution < -0.4 is 14.9 Å². The van der Waals surface area contributed by atoms with Crippen molar-refractivity contribution in [3.63, 3.8) is 0 Å². The molecule has 0 saturated heterocycles. The Morgan fingerprint density at radius 3 is 2.32 bits per heavy atom. The fourth-order valence-corrected chi connectivity index (χ4v) is 3.45. The molecule has 12 heteroatoms. The molecule has 0 saturated carbocycles. The Hall–Kier alpha value is -5.52. The number of aromatic nitrogens is 1. The summed E-state index contributed by atoms with van der Waals surface area (Å²) in [7, 11) is 0. The number of rotatable bonds is 10. The van der Waals surface area contributed by atoms with E-state index in [1.54, 1.807) is 31.2 Å². The van der Waals surface area contributed by atoms with E-state index in [2.05, 4.69) is 10.5 Å². The van der Waals surface area contributed by atoms with E-state index in [1.807, 2.05) is 41.2 Å².